The molecule has 1 aromatic rings. The van der Waals surface area contributed by atoms with Crippen LogP contribution in [0.4, 0.5) is 5.69 Å². The summed E-state index contributed by atoms with van der Waals surface area (Å²) in [4.78, 5) is 10.4. The molecule has 0 aliphatic heterocycles. The minimum atomic E-state index is -1.06. The van der Waals surface area contributed by atoms with Gasteiger partial charge in [0.2, 0.25) is 0 Å². The Morgan fingerprint density at radius 1 is 1.35 bits per heavy atom. The van der Waals surface area contributed by atoms with Gasteiger partial charge in [-0.2, -0.15) is 0 Å². The van der Waals surface area contributed by atoms with Crippen molar-refractivity contribution in [3.8, 4) is 5.75 Å². The number of carboxylic acid groups (broad SMARTS) is 1. The second kappa shape index (κ2) is 8.89. The molecule has 17 heavy (non-hydrogen) atoms. The van der Waals surface area contributed by atoms with E-state index in [0.29, 0.717) is 5.56 Å². The maximum atomic E-state index is 10.4. The summed E-state index contributed by atoms with van der Waals surface area (Å²) in [6.07, 6.45) is 0.194. The number of hydrogen-bond acceptors (Lipinski definition) is 4. The van der Waals surface area contributed by atoms with Crippen molar-refractivity contribution in [2.24, 2.45) is 5.73 Å². The number of anilines is 1. The van der Waals surface area contributed by atoms with Crippen molar-refractivity contribution >= 4 is 36.5 Å². The van der Waals surface area contributed by atoms with Crippen molar-refractivity contribution < 1.29 is 20.5 Å². The minimum absolute atomic E-state index is 0. The number of aliphatic carboxylic acids is 1. The number of nitrogens with two attached hydrogens (primary N) is 2. The van der Waals surface area contributed by atoms with E-state index >= 15 is 0 Å². The lowest BCUT2D eigenvalue weighted by atomic mass is 10.1. The Hall–Kier alpha value is -1.21. The van der Waals surface area contributed by atoms with E-state index in [0.717, 1.165) is 0 Å². The highest BCUT2D eigenvalue weighted by molar-refractivity contribution is 5.85. The summed E-state index contributed by atoms with van der Waals surface area (Å²) in [7, 11) is 0. The van der Waals surface area contributed by atoms with Crippen LogP contribution in [0.1, 0.15) is 5.56 Å². The topological polar surface area (TPSA) is 141 Å². The molecule has 8 N–H and O–H groups in total. The first-order valence-electron chi connectivity index (χ1n) is 4.06. The van der Waals surface area contributed by atoms with Gasteiger partial charge in [0.15, 0.2) is 0 Å². The van der Waals surface area contributed by atoms with Crippen molar-refractivity contribution in [1.29, 1.82) is 0 Å². The van der Waals surface area contributed by atoms with Crippen LogP contribution >= 0.6 is 24.8 Å². The molecule has 0 amide bonds. The lowest BCUT2D eigenvalue weighted by molar-refractivity contribution is -0.138. The van der Waals surface area contributed by atoms with E-state index < -0.39 is 12.0 Å². The smallest absolute Gasteiger partial charge is 0.320 e. The Bertz CT molecular complexity index is 363. The Kier molecular flexibility index (Phi) is 11.0. The van der Waals surface area contributed by atoms with Crippen LogP contribution in [0.2, 0.25) is 0 Å². The molecule has 0 aliphatic carbocycles. The predicted octanol–water partition coefficient (Wildman–Crippen LogP) is -0.0523. The van der Waals surface area contributed by atoms with Gasteiger partial charge in [0.05, 0.1) is 5.69 Å². The molecule has 6 nitrogen and oxygen atoms in total. The Morgan fingerprint density at radius 3 is 2.29 bits per heavy atom. The summed E-state index contributed by atoms with van der Waals surface area (Å²) in [5.41, 5.74) is 11.7. The lowest BCUT2D eigenvalue weighted by Gasteiger charge is -2.07. The van der Waals surface area contributed by atoms with Crippen molar-refractivity contribution in [1.82, 2.24) is 0 Å². The number of halogens is 2. The van der Waals surface area contributed by atoms with E-state index in [9.17, 15) is 4.79 Å². The molecule has 1 aromatic carbocycles. The molecule has 0 aromatic heterocycles. The summed E-state index contributed by atoms with van der Waals surface area (Å²) in [6.45, 7) is 0. The van der Waals surface area contributed by atoms with Gasteiger partial charge in [-0.05, 0) is 24.1 Å². The van der Waals surface area contributed by atoms with E-state index in [4.69, 9.17) is 21.7 Å². The van der Waals surface area contributed by atoms with Crippen LogP contribution in [0.3, 0.4) is 0 Å². The highest BCUT2D eigenvalue weighted by Gasteiger charge is 2.12. The number of nitrogen functional groups attached to an aromatic ring is 1. The SMILES string of the molecule is Cl.Cl.Nc1cc(CC(N)C(=O)O)ccc1O.O. The zero-order valence-electron chi connectivity index (χ0n) is 8.79. The number of hydrogen-bond donors (Lipinski definition) is 4. The number of benzene rings is 1. The number of phenols is 1. The van der Waals surface area contributed by atoms with Crippen molar-refractivity contribution in [3.63, 3.8) is 0 Å². The molecular weight excluding hydrogens is 271 g/mol. The van der Waals surface area contributed by atoms with Gasteiger partial charge in [0, 0.05) is 0 Å². The highest BCUT2D eigenvalue weighted by atomic mass is 35.5. The van der Waals surface area contributed by atoms with E-state index in [1.165, 1.54) is 12.1 Å². The van der Waals surface area contributed by atoms with Crippen LogP contribution in [-0.4, -0.2) is 27.7 Å². The molecule has 0 radical (unpaired) electrons. The Morgan fingerprint density at radius 2 is 1.88 bits per heavy atom. The van der Waals surface area contributed by atoms with Gasteiger partial charge in [0.1, 0.15) is 11.8 Å². The summed E-state index contributed by atoms with van der Waals surface area (Å²) >= 11 is 0. The predicted molar refractivity (Wildman–Crippen MR) is 69.9 cm³/mol. The highest BCUT2D eigenvalue weighted by Crippen LogP contribution is 2.20. The maximum absolute atomic E-state index is 10.4. The first-order chi connectivity index (χ1) is 6.50. The van der Waals surface area contributed by atoms with Gasteiger partial charge in [0.25, 0.3) is 0 Å². The van der Waals surface area contributed by atoms with Crippen LogP contribution in [0.5, 0.6) is 5.75 Å². The zero-order valence-corrected chi connectivity index (χ0v) is 10.4. The molecule has 100 valence electrons. The summed E-state index contributed by atoms with van der Waals surface area (Å²) in [5.74, 6) is -1.07. The fourth-order valence-corrected chi connectivity index (χ4v) is 1.07. The first kappa shape index (κ1) is 21.1. The number of aromatic hydroxyl groups is 1. The third kappa shape index (κ3) is 6.18. The maximum Gasteiger partial charge on any atom is 0.320 e. The summed E-state index contributed by atoms with van der Waals surface area (Å²) < 4.78 is 0. The Labute approximate surface area is 111 Å². The van der Waals surface area contributed by atoms with E-state index in [1.54, 1.807) is 6.07 Å². The molecule has 0 spiro atoms. The molecule has 1 rings (SSSR count). The zero-order chi connectivity index (χ0) is 10.7. The molecule has 0 heterocycles. The fraction of sp³-hybridized carbons (Fsp3) is 0.222. The summed E-state index contributed by atoms with van der Waals surface area (Å²) in [5, 5.41) is 17.7. The van der Waals surface area contributed by atoms with E-state index in [-0.39, 0.29) is 48.1 Å². The van der Waals surface area contributed by atoms with Gasteiger partial charge in [-0.1, -0.05) is 6.07 Å². The average molecular weight is 287 g/mol. The third-order valence-electron chi connectivity index (χ3n) is 1.86. The molecule has 0 saturated heterocycles. The number of carboxylic acids is 1. The Balaban J connectivity index is -0.000000653. The van der Waals surface area contributed by atoms with Crippen LogP contribution in [0.25, 0.3) is 0 Å². The van der Waals surface area contributed by atoms with Crippen molar-refractivity contribution in [2.75, 3.05) is 5.73 Å². The normalized spacial score (nSPS) is 10.2. The largest absolute Gasteiger partial charge is 0.506 e. The molecule has 0 fully saturated rings. The van der Waals surface area contributed by atoms with E-state index in [2.05, 4.69) is 0 Å². The molecule has 0 aliphatic rings. The second-order valence-corrected chi connectivity index (χ2v) is 3.04. The number of rotatable bonds is 3. The van der Waals surface area contributed by atoms with Gasteiger partial charge in [-0.3, -0.25) is 4.79 Å². The molecule has 0 saturated carbocycles. The quantitative estimate of drug-likeness (QED) is 0.455. The number of phenolic OH excluding ortho intramolecular Hbond substituents is 1. The van der Waals surface area contributed by atoms with Crippen LogP contribution in [0.15, 0.2) is 18.2 Å². The first-order valence-corrected chi connectivity index (χ1v) is 4.06. The molecule has 1 atom stereocenters. The van der Waals surface area contributed by atoms with E-state index in [1.807, 2.05) is 0 Å². The van der Waals surface area contributed by atoms with Gasteiger partial charge in [-0.25, -0.2) is 0 Å². The number of carbonyl (C=O) groups is 1. The summed E-state index contributed by atoms with van der Waals surface area (Å²) in [6, 6.07) is 3.57. The van der Waals surface area contributed by atoms with Crippen LogP contribution < -0.4 is 11.5 Å². The average Bonchev–Trinajstić information content (AvgIpc) is 2.11. The van der Waals surface area contributed by atoms with Gasteiger partial charge < -0.3 is 27.2 Å². The molecule has 8 heteroatoms. The van der Waals surface area contributed by atoms with Crippen molar-refractivity contribution in [2.45, 2.75) is 12.5 Å². The van der Waals surface area contributed by atoms with Crippen LogP contribution in [0, 0.1) is 0 Å². The second-order valence-electron chi connectivity index (χ2n) is 3.04. The minimum Gasteiger partial charge on any atom is -0.506 e. The standard InChI is InChI=1S/C9H12N2O3.2ClH.H2O/c10-6-3-5(1-2-8(6)12)4-7(11)9(13)14;;;/h1-3,7,12H,4,10-11H2,(H,13,14);2*1H;1H2. The molecular formula is C9H16Cl2N2O4. The third-order valence-corrected chi connectivity index (χ3v) is 1.86. The lowest BCUT2D eigenvalue weighted by Crippen LogP contribution is -2.32. The molecule has 1 unspecified atom stereocenters. The van der Waals surface area contributed by atoms with Crippen LogP contribution in [-0.2, 0) is 11.2 Å². The monoisotopic (exact) mass is 286 g/mol. The fourth-order valence-electron chi connectivity index (χ4n) is 1.07. The van der Waals surface area contributed by atoms with Gasteiger partial charge >= 0.3 is 5.97 Å². The molecule has 0 bridgehead atoms. The van der Waals surface area contributed by atoms with Crippen molar-refractivity contribution in [3.05, 3.63) is 23.8 Å². The van der Waals surface area contributed by atoms with Gasteiger partial charge in [-0.15, -0.1) is 24.8 Å².